The van der Waals surface area contributed by atoms with E-state index in [4.69, 9.17) is 9.26 Å². The molecule has 0 radical (unpaired) electrons. The molecule has 0 saturated carbocycles. The minimum Gasteiger partial charge on any atom is -0.243 e. The molecule has 2 heterocycles. The number of fused-ring (bicyclic) bond motifs is 10. The van der Waals surface area contributed by atoms with Crippen molar-refractivity contribution in [3.8, 4) is 22.3 Å². The van der Waals surface area contributed by atoms with Gasteiger partial charge in [0, 0.05) is 45.2 Å². The van der Waals surface area contributed by atoms with Gasteiger partial charge in [0.15, 0.2) is 0 Å². The third-order valence-corrected chi connectivity index (χ3v) is 12.2. The molecule has 0 N–H and O–H groups in total. The van der Waals surface area contributed by atoms with Crippen LogP contribution in [0.5, 0.6) is 0 Å². The molecule has 2 aromatic heterocycles. The van der Waals surface area contributed by atoms with Gasteiger partial charge in [-0.05, 0) is 56.7 Å². The third-order valence-electron chi connectivity index (χ3n) is 12.2. The molecule has 0 saturated heterocycles. The van der Waals surface area contributed by atoms with Gasteiger partial charge in [0.1, 0.15) is 33.7 Å². The molecule has 5 aromatic rings. The minimum absolute atomic E-state index is 0.287. The number of unbranched alkanes of at least 4 members (excludes halogenated alkanes) is 18. The van der Waals surface area contributed by atoms with Crippen molar-refractivity contribution in [2.24, 2.45) is 0 Å². The Kier molecular flexibility index (Phi) is 12.0. The maximum Gasteiger partial charge on any atom is 0.143 e. The molecule has 6 nitrogen and oxygen atoms in total. The number of rotatable bonds is 22. The number of hydrogen-bond donors (Lipinski definition) is 0. The first kappa shape index (κ1) is 36.7. The van der Waals surface area contributed by atoms with Crippen molar-refractivity contribution >= 4 is 22.1 Å². The van der Waals surface area contributed by atoms with Gasteiger partial charge in [-0.2, -0.15) is 0 Å². The molecular weight excluding hydrogens is 655 g/mol. The van der Waals surface area contributed by atoms with E-state index in [2.05, 4.69) is 40.5 Å². The summed E-state index contributed by atoms with van der Waals surface area (Å²) in [5, 5.41) is 16.6. The van der Waals surface area contributed by atoms with Crippen LogP contribution in [0.25, 0.3) is 44.3 Å². The van der Waals surface area contributed by atoms with Crippen molar-refractivity contribution in [3.63, 3.8) is 0 Å². The van der Waals surface area contributed by atoms with Gasteiger partial charge in [0.25, 0.3) is 0 Å². The molecule has 52 heavy (non-hydrogen) atoms. The zero-order valence-corrected chi connectivity index (χ0v) is 31.4. The molecular formula is C44H56F2N4O2. The fraction of sp³-hybridized carbons (Fsp3) is 0.591. The molecule has 0 bridgehead atoms. The molecule has 8 heteroatoms. The smallest absolute Gasteiger partial charge is 0.143 e. The fourth-order valence-electron chi connectivity index (χ4n) is 9.47. The summed E-state index contributed by atoms with van der Waals surface area (Å²) in [7, 11) is 0. The second-order valence-corrected chi connectivity index (χ2v) is 15.7. The lowest BCUT2D eigenvalue weighted by Crippen LogP contribution is -2.27. The van der Waals surface area contributed by atoms with E-state index in [0.29, 0.717) is 55.4 Å². The van der Waals surface area contributed by atoms with E-state index in [0.717, 1.165) is 49.7 Å². The van der Waals surface area contributed by atoms with Crippen molar-refractivity contribution in [2.45, 2.75) is 167 Å². The van der Waals surface area contributed by atoms with Gasteiger partial charge >= 0.3 is 0 Å². The molecule has 0 atom stereocenters. The zero-order valence-electron chi connectivity index (χ0n) is 31.4. The predicted octanol–water partition coefficient (Wildman–Crippen LogP) is 13.5. The lowest BCUT2D eigenvalue weighted by Gasteiger charge is -2.33. The molecule has 0 aliphatic heterocycles. The number of aromatic nitrogens is 4. The Morgan fingerprint density at radius 2 is 1.00 bits per heavy atom. The van der Waals surface area contributed by atoms with Crippen molar-refractivity contribution in [1.82, 2.24) is 20.6 Å². The average molecular weight is 711 g/mol. The second-order valence-electron chi connectivity index (χ2n) is 15.7. The van der Waals surface area contributed by atoms with Crippen LogP contribution in [-0.4, -0.2) is 20.6 Å². The van der Waals surface area contributed by atoms with E-state index in [1.54, 1.807) is 0 Å². The van der Waals surface area contributed by atoms with Crippen molar-refractivity contribution in [2.75, 3.05) is 0 Å². The third kappa shape index (κ3) is 7.03. The Bertz CT molecular complexity index is 1940. The van der Waals surface area contributed by atoms with Gasteiger partial charge in [-0.25, -0.2) is 18.0 Å². The van der Waals surface area contributed by atoms with Gasteiger partial charge in [-0.3, -0.25) is 0 Å². The summed E-state index contributed by atoms with van der Waals surface area (Å²) >= 11 is 0. The van der Waals surface area contributed by atoms with Gasteiger partial charge in [0.2, 0.25) is 0 Å². The molecule has 7 rings (SSSR count). The van der Waals surface area contributed by atoms with E-state index in [-0.39, 0.29) is 18.1 Å². The van der Waals surface area contributed by atoms with Crippen LogP contribution in [0.2, 0.25) is 0 Å². The van der Waals surface area contributed by atoms with Crippen LogP contribution in [0.15, 0.2) is 33.5 Å². The molecule has 2 aliphatic carbocycles. The largest absolute Gasteiger partial charge is 0.243 e. The standard InChI is InChI=1S/C44H56F2N4O2/c1-3-5-7-9-11-13-15-17-19-21-27-44(28-22-20-18-16-14-12-10-8-6-4-2)32-24-26-34-43(50-52-48-34)37(32)38-39(44)41(46)36-31(40(38)45)29-30-23-25-33-42(35(30)36)49-51-47-33/h23-26H,3-22,27-29H2,1-2H3. The van der Waals surface area contributed by atoms with Crippen molar-refractivity contribution in [1.29, 1.82) is 0 Å². The van der Waals surface area contributed by atoms with Crippen LogP contribution in [0.1, 0.15) is 177 Å². The Balaban J connectivity index is 1.21. The average Bonchev–Trinajstić information content (AvgIpc) is 3.95. The summed E-state index contributed by atoms with van der Waals surface area (Å²) in [6, 6.07) is 7.71. The highest BCUT2D eigenvalue weighted by atomic mass is 19.1. The van der Waals surface area contributed by atoms with Crippen molar-refractivity contribution in [3.05, 3.63) is 58.2 Å². The fourth-order valence-corrected chi connectivity index (χ4v) is 9.47. The summed E-state index contributed by atoms with van der Waals surface area (Å²) in [6.07, 6.45) is 26.3. The summed E-state index contributed by atoms with van der Waals surface area (Å²) in [5.74, 6) is -0.697. The normalized spacial score (nSPS) is 14.0. The first-order valence-electron chi connectivity index (χ1n) is 20.7. The first-order valence-corrected chi connectivity index (χ1v) is 20.7. The Morgan fingerprint density at radius 3 is 1.54 bits per heavy atom. The molecule has 2 aliphatic rings. The molecule has 0 fully saturated rings. The van der Waals surface area contributed by atoms with E-state index < -0.39 is 5.41 Å². The van der Waals surface area contributed by atoms with E-state index in [1.165, 1.54) is 103 Å². The van der Waals surface area contributed by atoms with E-state index in [9.17, 15) is 0 Å². The van der Waals surface area contributed by atoms with Gasteiger partial charge < -0.3 is 0 Å². The van der Waals surface area contributed by atoms with Crippen LogP contribution in [0.3, 0.4) is 0 Å². The Morgan fingerprint density at radius 1 is 0.519 bits per heavy atom. The van der Waals surface area contributed by atoms with E-state index >= 15 is 8.78 Å². The first-order chi connectivity index (χ1) is 25.6. The van der Waals surface area contributed by atoms with Crippen LogP contribution in [0, 0.1) is 11.6 Å². The molecule has 0 unspecified atom stereocenters. The number of benzene rings is 3. The number of halogens is 2. The van der Waals surface area contributed by atoms with Crippen LogP contribution >= 0.6 is 0 Å². The zero-order chi connectivity index (χ0) is 35.9. The number of nitrogens with zero attached hydrogens (tertiary/aromatic N) is 4. The molecule has 0 spiro atoms. The molecule has 278 valence electrons. The minimum atomic E-state index is -0.684. The Hall–Kier alpha value is -3.68. The van der Waals surface area contributed by atoms with Crippen LogP contribution in [0.4, 0.5) is 8.78 Å². The van der Waals surface area contributed by atoms with Gasteiger partial charge in [-0.15, -0.1) is 0 Å². The quantitative estimate of drug-likeness (QED) is 0.0653. The highest BCUT2D eigenvalue weighted by Gasteiger charge is 2.49. The van der Waals surface area contributed by atoms with Crippen LogP contribution < -0.4 is 0 Å². The maximum absolute atomic E-state index is 17.9. The lowest BCUT2D eigenvalue weighted by atomic mass is 9.69. The van der Waals surface area contributed by atoms with Crippen LogP contribution in [-0.2, 0) is 11.8 Å². The second kappa shape index (κ2) is 17.0. The maximum atomic E-state index is 17.9. The van der Waals surface area contributed by atoms with Gasteiger partial charge in [-0.1, -0.05) is 154 Å². The summed E-state index contributed by atoms with van der Waals surface area (Å²) in [4.78, 5) is 0. The van der Waals surface area contributed by atoms with E-state index in [1.807, 2.05) is 18.2 Å². The van der Waals surface area contributed by atoms with Gasteiger partial charge in [0.05, 0.1) is 0 Å². The van der Waals surface area contributed by atoms with Crippen molar-refractivity contribution < 1.29 is 18.0 Å². The number of hydrogen-bond acceptors (Lipinski definition) is 6. The monoisotopic (exact) mass is 710 g/mol. The summed E-state index contributed by atoms with van der Waals surface area (Å²) < 4.78 is 45.5. The SMILES string of the molecule is CCCCCCCCCCCCC1(CCCCCCCCCCCC)c2ccc3nonc3c2-c2c(F)c3c(c(F)c21)-c1c(ccc2nonc12)C3. The predicted molar refractivity (Wildman–Crippen MR) is 204 cm³/mol. The topological polar surface area (TPSA) is 77.8 Å². The highest BCUT2D eigenvalue weighted by molar-refractivity contribution is 6.03. The Labute approximate surface area is 307 Å². The highest BCUT2D eigenvalue weighted by Crippen LogP contribution is 2.60. The summed E-state index contributed by atoms with van der Waals surface area (Å²) in [6.45, 7) is 4.52. The lowest BCUT2D eigenvalue weighted by molar-refractivity contribution is 0.315. The summed E-state index contributed by atoms with van der Waals surface area (Å²) in [5.41, 5.74) is 6.07. The molecule has 0 amide bonds. The molecule has 3 aromatic carbocycles.